The fraction of sp³-hybridized carbons (Fsp3) is 0.345. The number of methoxy groups -OCH3 is 2. The number of nitrogens with zero attached hydrogens (tertiary/aromatic N) is 1. The summed E-state index contributed by atoms with van der Waals surface area (Å²) in [7, 11) is 3.33. The number of ether oxygens (including phenoxy) is 2. The number of nitrogens with one attached hydrogen (secondary N) is 1. The number of fused-ring (bicyclic) bond motifs is 1. The average Bonchev–Trinajstić information content (AvgIpc) is 2.84. The lowest BCUT2D eigenvalue weighted by atomic mass is 9.87. The minimum Gasteiger partial charge on any atom is -0.493 e. The van der Waals surface area contributed by atoms with Gasteiger partial charge in [0.25, 0.3) is 0 Å². The van der Waals surface area contributed by atoms with Crippen molar-refractivity contribution >= 4 is 5.91 Å². The topological polar surface area (TPSA) is 50.8 Å². The summed E-state index contributed by atoms with van der Waals surface area (Å²) in [6, 6.07) is 22.7. The summed E-state index contributed by atoms with van der Waals surface area (Å²) in [4.78, 5) is 15.4. The maximum Gasteiger partial charge on any atom is 0.224 e. The van der Waals surface area contributed by atoms with Crippen LogP contribution in [0.2, 0.25) is 0 Å². The van der Waals surface area contributed by atoms with Crippen LogP contribution in [0.1, 0.15) is 40.8 Å². The fourth-order valence-electron chi connectivity index (χ4n) is 4.88. The van der Waals surface area contributed by atoms with Gasteiger partial charge in [0.2, 0.25) is 5.91 Å². The van der Waals surface area contributed by atoms with Crippen molar-refractivity contribution in [3.63, 3.8) is 0 Å². The summed E-state index contributed by atoms with van der Waals surface area (Å²) in [6.45, 7) is 5.92. The zero-order chi connectivity index (χ0) is 24.1. The van der Waals surface area contributed by atoms with Crippen molar-refractivity contribution in [1.29, 1.82) is 0 Å². The van der Waals surface area contributed by atoms with Crippen LogP contribution in [-0.2, 0) is 24.2 Å². The van der Waals surface area contributed by atoms with E-state index in [0.717, 1.165) is 30.8 Å². The molecule has 1 aliphatic heterocycles. The molecule has 3 aromatic carbocycles. The Morgan fingerprint density at radius 1 is 1.00 bits per heavy atom. The van der Waals surface area contributed by atoms with Gasteiger partial charge >= 0.3 is 0 Å². The predicted molar refractivity (Wildman–Crippen MR) is 135 cm³/mol. The molecule has 1 heterocycles. The van der Waals surface area contributed by atoms with Gasteiger partial charge in [0.15, 0.2) is 11.5 Å². The molecule has 0 bridgehead atoms. The van der Waals surface area contributed by atoms with Crippen molar-refractivity contribution < 1.29 is 14.3 Å². The standard InChI is InChI=1S/C29H34N2O3/c1-20-10-12-23(13-11-20)19-31-15-14-24-17-26(33-3)27(34-4)18-25(24)29(31)21(2)30-28(32)16-22-8-6-5-7-9-22/h5-13,17-18,21,29H,14-16,19H2,1-4H3,(H,30,32). The average molecular weight is 459 g/mol. The molecule has 0 spiro atoms. The number of benzene rings is 3. The molecule has 0 radical (unpaired) electrons. The van der Waals surface area contributed by atoms with Crippen molar-refractivity contribution in [3.8, 4) is 11.5 Å². The number of aryl methyl sites for hydroxylation is 1. The normalized spacial score (nSPS) is 16.4. The van der Waals surface area contributed by atoms with E-state index in [4.69, 9.17) is 9.47 Å². The lowest BCUT2D eigenvalue weighted by molar-refractivity contribution is -0.121. The molecule has 3 aromatic rings. The van der Waals surface area contributed by atoms with Gasteiger partial charge in [0.1, 0.15) is 0 Å². The monoisotopic (exact) mass is 458 g/mol. The molecular weight excluding hydrogens is 424 g/mol. The summed E-state index contributed by atoms with van der Waals surface area (Å²) in [5.74, 6) is 1.49. The van der Waals surface area contributed by atoms with Gasteiger partial charge in [-0.2, -0.15) is 0 Å². The highest BCUT2D eigenvalue weighted by molar-refractivity contribution is 5.79. The third-order valence-corrected chi connectivity index (χ3v) is 6.60. The first kappa shape index (κ1) is 23.8. The molecule has 2 atom stereocenters. The Bertz CT molecular complexity index is 1110. The van der Waals surface area contributed by atoms with E-state index in [1.165, 1.54) is 22.3 Å². The molecule has 34 heavy (non-hydrogen) atoms. The van der Waals surface area contributed by atoms with E-state index in [1.807, 2.05) is 30.3 Å². The van der Waals surface area contributed by atoms with E-state index < -0.39 is 0 Å². The zero-order valence-electron chi connectivity index (χ0n) is 20.5. The van der Waals surface area contributed by atoms with Crippen LogP contribution in [-0.4, -0.2) is 37.6 Å². The molecule has 1 N–H and O–H groups in total. The first-order chi connectivity index (χ1) is 16.5. The smallest absolute Gasteiger partial charge is 0.224 e. The Labute approximate surface area is 202 Å². The number of amides is 1. The van der Waals surface area contributed by atoms with Crippen LogP contribution in [0.3, 0.4) is 0 Å². The summed E-state index contributed by atoms with van der Waals surface area (Å²) in [6.07, 6.45) is 1.29. The Morgan fingerprint density at radius 3 is 2.35 bits per heavy atom. The van der Waals surface area contributed by atoms with Gasteiger partial charge in [0, 0.05) is 19.1 Å². The van der Waals surface area contributed by atoms with Crippen LogP contribution in [0.5, 0.6) is 11.5 Å². The van der Waals surface area contributed by atoms with Gasteiger partial charge in [-0.25, -0.2) is 0 Å². The fourth-order valence-corrected chi connectivity index (χ4v) is 4.88. The van der Waals surface area contributed by atoms with Crippen LogP contribution in [0.15, 0.2) is 66.7 Å². The highest BCUT2D eigenvalue weighted by Gasteiger charge is 2.33. The Hall–Kier alpha value is -3.31. The maximum atomic E-state index is 12.9. The summed E-state index contributed by atoms with van der Waals surface area (Å²) in [5.41, 5.74) is 5.96. The molecule has 0 saturated heterocycles. The third-order valence-electron chi connectivity index (χ3n) is 6.60. The molecule has 0 aromatic heterocycles. The van der Waals surface area contributed by atoms with Crippen molar-refractivity contribution in [3.05, 3.63) is 94.5 Å². The first-order valence-corrected chi connectivity index (χ1v) is 11.9. The first-order valence-electron chi connectivity index (χ1n) is 11.9. The number of rotatable bonds is 8. The second-order valence-corrected chi connectivity index (χ2v) is 9.08. The van der Waals surface area contributed by atoms with Crippen LogP contribution in [0.4, 0.5) is 0 Å². The summed E-state index contributed by atoms with van der Waals surface area (Å²) in [5, 5.41) is 3.28. The van der Waals surface area contributed by atoms with E-state index >= 15 is 0 Å². The molecule has 0 saturated carbocycles. The highest BCUT2D eigenvalue weighted by atomic mass is 16.5. The second kappa shape index (κ2) is 10.7. The molecule has 1 amide bonds. The highest BCUT2D eigenvalue weighted by Crippen LogP contribution is 2.40. The number of hydrogen-bond donors (Lipinski definition) is 1. The van der Waals surface area contributed by atoms with Crippen molar-refractivity contribution in [2.45, 2.75) is 45.3 Å². The van der Waals surface area contributed by atoms with Crippen LogP contribution in [0, 0.1) is 6.92 Å². The van der Waals surface area contributed by atoms with Gasteiger partial charge in [-0.15, -0.1) is 0 Å². The van der Waals surface area contributed by atoms with E-state index in [1.54, 1.807) is 14.2 Å². The minimum absolute atomic E-state index is 0.0181. The number of carbonyl (C=O) groups is 1. The van der Waals surface area contributed by atoms with Crippen molar-refractivity contribution in [2.24, 2.45) is 0 Å². The summed E-state index contributed by atoms with van der Waals surface area (Å²) >= 11 is 0. The third kappa shape index (κ3) is 5.42. The molecule has 4 rings (SSSR count). The van der Waals surface area contributed by atoms with Crippen molar-refractivity contribution in [1.82, 2.24) is 10.2 Å². The molecule has 5 nitrogen and oxygen atoms in total. The Morgan fingerprint density at radius 2 is 1.68 bits per heavy atom. The van der Waals surface area contributed by atoms with Gasteiger partial charge in [-0.1, -0.05) is 60.2 Å². The molecule has 0 fully saturated rings. The molecule has 178 valence electrons. The van der Waals surface area contributed by atoms with Crippen LogP contribution >= 0.6 is 0 Å². The molecule has 0 aliphatic carbocycles. The minimum atomic E-state index is -0.0844. The van der Waals surface area contributed by atoms with E-state index in [0.29, 0.717) is 12.2 Å². The predicted octanol–water partition coefficient (Wildman–Crippen LogP) is 4.86. The Balaban J connectivity index is 1.63. The van der Waals surface area contributed by atoms with E-state index in [-0.39, 0.29) is 18.0 Å². The van der Waals surface area contributed by atoms with Gasteiger partial charge in [0.05, 0.1) is 26.7 Å². The zero-order valence-corrected chi connectivity index (χ0v) is 20.5. The van der Waals surface area contributed by atoms with E-state index in [9.17, 15) is 4.79 Å². The second-order valence-electron chi connectivity index (χ2n) is 9.08. The van der Waals surface area contributed by atoms with E-state index in [2.05, 4.69) is 60.5 Å². The lowest BCUT2D eigenvalue weighted by Crippen LogP contribution is -2.47. The summed E-state index contributed by atoms with van der Waals surface area (Å²) < 4.78 is 11.2. The SMILES string of the molecule is COc1cc2c(cc1OC)C(C(C)NC(=O)Cc1ccccc1)N(Cc1ccc(C)cc1)CC2. The number of carbonyl (C=O) groups excluding carboxylic acids is 1. The number of hydrogen-bond acceptors (Lipinski definition) is 4. The molecular formula is C29H34N2O3. The Kier molecular flexibility index (Phi) is 7.53. The van der Waals surface area contributed by atoms with Crippen molar-refractivity contribution in [2.75, 3.05) is 20.8 Å². The van der Waals surface area contributed by atoms with Gasteiger partial charge in [-0.05, 0) is 54.7 Å². The van der Waals surface area contributed by atoms with Crippen LogP contribution in [0.25, 0.3) is 0 Å². The lowest BCUT2D eigenvalue weighted by Gasteiger charge is -2.41. The maximum absolute atomic E-state index is 12.9. The molecule has 2 unspecified atom stereocenters. The largest absolute Gasteiger partial charge is 0.493 e. The van der Waals surface area contributed by atoms with Gasteiger partial charge in [-0.3, -0.25) is 9.69 Å². The van der Waals surface area contributed by atoms with Crippen LogP contribution < -0.4 is 14.8 Å². The quantitative estimate of drug-likeness (QED) is 0.524. The molecule has 1 aliphatic rings. The molecule has 5 heteroatoms. The van der Waals surface area contributed by atoms with Gasteiger partial charge < -0.3 is 14.8 Å².